The van der Waals surface area contributed by atoms with E-state index in [0.29, 0.717) is 22.1 Å². The highest BCUT2D eigenvalue weighted by Crippen LogP contribution is 2.40. The van der Waals surface area contributed by atoms with Crippen LogP contribution in [0.2, 0.25) is 10.2 Å². The molecule has 0 radical (unpaired) electrons. The number of rotatable bonds is 3. The van der Waals surface area contributed by atoms with Crippen molar-refractivity contribution >= 4 is 34.1 Å². The van der Waals surface area contributed by atoms with Gasteiger partial charge in [-0.2, -0.15) is 18.2 Å². The van der Waals surface area contributed by atoms with Gasteiger partial charge >= 0.3 is 6.18 Å². The lowest BCUT2D eigenvalue weighted by atomic mass is 9.95. The summed E-state index contributed by atoms with van der Waals surface area (Å²) < 4.78 is 46.0. The molecular formula is C22H13Cl2F3N2O2. The van der Waals surface area contributed by atoms with E-state index >= 15 is 0 Å². The van der Waals surface area contributed by atoms with Crippen LogP contribution >= 0.6 is 23.2 Å². The first kappa shape index (κ1) is 21.2. The Morgan fingerprint density at radius 2 is 1.77 bits per heavy atom. The molecule has 2 aromatic carbocycles. The first-order valence-electron chi connectivity index (χ1n) is 8.94. The quantitative estimate of drug-likeness (QED) is 0.320. The Hall–Kier alpha value is -3.03. The van der Waals surface area contributed by atoms with Gasteiger partial charge in [-0.05, 0) is 47.9 Å². The number of hydrogen-bond acceptors (Lipinski definition) is 4. The number of pyridine rings is 2. The van der Waals surface area contributed by atoms with Gasteiger partial charge in [-0.25, -0.2) is 0 Å². The second-order valence-corrected chi connectivity index (χ2v) is 7.52. The molecule has 158 valence electrons. The standard InChI is InChI=1S/C22H13Cl2F3N2O2/c1-11-10-28-19-14(6-3-7-15(19)22(25,26)27)18(11)12-4-2-5-13(8-12)31-21-20(30)16(23)9-17(24)29-21/h2-10,30H,1H3. The summed E-state index contributed by atoms with van der Waals surface area (Å²) in [6.07, 6.45) is -3.12. The van der Waals surface area contributed by atoms with Gasteiger partial charge < -0.3 is 9.84 Å². The molecule has 9 heteroatoms. The molecule has 4 nitrogen and oxygen atoms in total. The molecular weight excluding hydrogens is 452 g/mol. The van der Waals surface area contributed by atoms with Crippen LogP contribution in [0, 0.1) is 6.92 Å². The number of aromatic hydroxyl groups is 1. The highest BCUT2D eigenvalue weighted by atomic mass is 35.5. The van der Waals surface area contributed by atoms with E-state index in [9.17, 15) is 18.3 Å². The fourth-order valence-corrected chi connectivity index (χ4v) is 3.72. The molecule has 0 fully saturated rings. The van der Waals surface area contributed by atoms with Gasteiger partial charge in [-0.3, -0.25) is 4.98 Å². The van der Waals surface area contributed by atoms with Crippen molar-refractivity contribution in [1.82, 2.24) is 9.97 Å². The van der Waals surface area contributed by atoms with Crippen LogP contribution in [0.5, 0.6) is 17.4 Å². The van der Waals surface area contributed by atoms with Gasteiger partial charge in [0.1, 0.15) is 10.9 Å². The highest BCUT2D eigenvalue weighted by Gasteiger charge is 2.33. The minimum absolute atomic E-state index is 0.0261. The number of hydrogen-bond donors (Lipinski definition) is 1. The largest absolute Gasteiger partial charge is 0.502 e. The van der Waals surface area contributed by atoms with E-state index in [-0.39, 0.29) is 33.1 Å². The summed E-state index contributed by atoms with van der Waals surface area (Å²) >= 11 is 11.8. The molecule has 0 aliphatic rings. The number of fused-ring (bicyclic) bond motifs is 1. The van der Waals surface area contributed by atoms with Gasteiger partial charge in [0.25, 0.3) is 5.88 Å². The van der Waals surface area contributed by atoms with Crippen molar-refractivity contribution in [2.45, 2.75) is 13.1 Å². The maximum atomic E-state index is 13.4. The fraction of sp³-hybridized carbons (Fsp3) is 0.0909. The summed E-state index contributed by atoms with van der Waals surface area (Å²) in [5, 5.41) is 10.4. The zero-order chi connectivity index (χ0) is 22.3. The molecule has 0 amide bonds. The Morgan fingerprint density at radius 3 is 2.52 bits per heavy atom. The average Bonchev–Trinajstić information content (AvgIpc) is 2.70. The number of alkyl halides is 3. The van der Waals surface area contributed by atoms with Crippen molar-refractivity contribution in [3.05, 3.63) is 76.0 Å². The zero-order valence-corrected chi connectivity index (χ0v) is 17.3. The Kier molecular flexibility index (Phi) is 5.41. The summed E-state index contributed by atoms with van der Waals surface area (Å²) in [6, 6.07) is 11.9. The van der Waals surface area contributed by atoms with Crippen LogP contribution in [0.25, 0.3) is 22.0 Å². The minimum atomic E-state index is -4.53. The van der Waals surface area contributed by atoms with Crippen molar-refractivity contribution in [1.29, 1.82) is 0 Å². The molecule has 0 aliphatic carbocycles. The topological polar surface area (TPSA) is 55.2 Å². The molecule has 1 N–H and O–H groups in total. The zero-order valence-electron chi connectivity index (χ0n) is 15.8. The molecule has 0 saturated carbocycles. The van der Waals surface area contributed by atoms with E-state index in [1.165, 1.54) is 18.3 Å². The molecule has 0 atom stereocenters. The third-order valence-corrected chi connectivity index (χ3v) is 5.09. The first-order chi connectivity index (χ1) is 14.6. The van der Waals surface area contributed by atoms with Crippen LogP contribution in [-0.2, 0) is 6.18 Å². The fourth-order valence-electron chi connectivity index (χ4n) is 3.29. The normalized spacial score (nSPS) is 11.7. The molecule has 2 aromatic heterocycles. The van der Waals surface area contributed by atoms with Gasteiger partial charge in [0.05, 0.1) is 16.1 Å². The van der Waals surface area contributed by atoms with Gasteiger partial charge in [0.15, 0.2) is 5.75 Å². The monoisotopic (exact) mass is 464 g/mol. The summed E-state index contributed by atoms with van der Waals surface area (Å²) in [7, 11) is 0. The second-order valence-electron chi connectivity index (χ2n) is 6.73. The number of ether oxygens (including phenoxy) is 1. The van der Waals surface area contributed by atoms with Crippen molar-refractivity contribution in [2.75, 3.05) is 0 Å². The Morgan fingerprint density at radius 1 is 1.03 bits per heavy atom. The van der Waals surface area contributed by atoms with Gasteiger partial charge in [-0.15, -0.1) is 0 Å². The third-order valence-electron chi connectivity index (χ3n) is 4.61. The molecule has 31 heavy (non-hydrogen) atoms. The number of nitrogens with zero attached hydrogens (tertiary/aromatic N) is 2. The number of para-hydroxylation sites is 1. The van der Waals surface area contributed by atoms with Gasteiger partial charge in [0, 0.05) is 11.6 Å². The first-order valence-corrected chi connectivity index (χ1v) is 9.69. The molecule has 2 heterocycles. The number of aryl methyl sites for hydroxylation is 1. The van der Waals surface area contributed by atoms with E-state index in [4.69, 9.17) is 27.9 Å². The lowest BCUT2D eigenvalue weighted by Crippen LogP contribution is -2.07. The molecule has 0 saturated heterocycles. The molecule has 0 unspecified atom stereocenters. The SMILES string of the molecule is Cc1cnc2c(C(F)(F)F)cccc2c1-c1cccc(Oc2nc(Cl)cc(Cl)c2O)c1. The van der Waals surface area contributed by atoms with Gasteiger partial charge in [-0.1, -0.05) is 47.5 Å². The third kappa shape index (κ3) is 4.11. The molecule has 4 rings (SSSR count). The maximum Gasteiger partial charge on any atom is 0.418 e. The lowest BCUT2D eigenvalue weighted by molar-refractivity contribution is -0.136. The Labute approximate surface area is 184 Å². The Bertz CT molecular complexity index is 1310. The van der Waals surface area contributed by atoms with Crippen molar-refractivity contribution < 1.29 is 23.0 Å². The molecule has 0 bridgehead atoms. The van der Waals surface area contributed by atoms with Crippen molar-refractivity contribution in [2.24, 2.45) is 0 Å². The Balaban J connectivity index is 1.84. The average molecular weight is 465 g/mol. The summed E-state index contributed by atoms with van der Waals surface area (Å²) in [4.78, 5) is 7.94. The van der Waals surface area contributed by atoms with Crippen LogP contribution in [-0.4, -0.2) is 15.1 Å². The number of halogens is 5. The van der Waals surface area contributed by atoms with E-state index in [2.05, 4.69) is 9.97 Å². The molecule has 4 aromatic rings. The predicted octanol–water partition coefficient (Wildman–Crippen LogP) is 7.43. The van der Waals surface area contributed by atoms with E-state index in [1.807, 2.05) is 0 Å². The van der Waals surface area contributed by atoms with Crippen LogP contribution in [0.4, 0.5) is 13.2 Å². The number of aromatic nitrogens is 2. The maximum absolute atomic E-state index is 13.4. The van der Waals surface area contributed by atoms with Crippen molar-refractivity contribution in [3.8, 4) is 28.5 Å². The number of benzene rings is 2. The van der Waals surface area contributed by atoms with Crippen LogP contribution in [0.3, 0.4) is 0 Å². The highest BCUT2D eigenvalue weighted by molar-refractivity contribution is 6.35. The summed E-state index contributed by atoms with van der Waals surface area (Å²) in [5.41, 5.74) is 0.942. The van der Waals surface area contributed by atoms with Crippen LogP contribution in [0.15, 0.2) is 54.7 Å². The van der Waals surface area contributed by atoms with E-state index in [0.717, 1.165) is 6.07 Å². The molecule has 0 aliphatic heterocycles. The van der Waals surface area contributed by atoms with Gasteiger partial charge in [0.2, 0.25) is 0 Å². The lowest BCUT2D eigenvalue weighted by Gasteiger charge is -2.15. The van der Waals surface area contributed by atoms with E-state index < -0.39 is 11.7 Å². The van der Waals surface area contributed by atoms with Crippen molar-refractivity contribution in [3.63, 3.8) is 0 Å². The molecule has 0 spiro atoms. The summed E-state index contributed by atoms with van der Waals surface area (Å²) in [6.45, 7) is 1.76. The van der Waals surface area contributed by atoms with Crippen LogP contribution in [0.1, 0.15) is 11.1 Å². The summed E-state index contributed by atoms with van der Waals surface area (Å²) in [5.74, 6) is -0.280. The van der Waals surface area contributed by atoms with Crippen LogP contribution < -0.4 is 4.74 Å². The predicted molar refractivity (Wildman–Crippen MR) is 113 cm³/mol. The second kappa shape index (κ2) is 7.90. The minimum Gasteiger partial charge on any atom is -0.502 e. The smallest absolute Gasteiger partial charge is 0.418 e. The van der Waals surface area contributed by atoms with E-state index in [1.54, 1.807) is 37.3 Å².